The number of anilines is 1. The van der Waals surface area contributed by atoms with Crippen molar-refractivity contribution in [3.63, 3.8) is 0 Å². The minimum absolute atomic E-state index is 0.0395. The van der Waals surface area contributed by atoms with E-state index in [9.17, 15) is 18.0 Å². The Hall–Kier alpha value is -1.28. The maximum absolute atomic E-state index is 12.1. The Morgan fingerprint density at radius 3 is 2.74 bits per heavy atom. The minimum atomic E-state index is -4.73. The normalized spacial score (nSPS) is 13.4. The summed E-state index contributed by atoms with van der Waals surface area (Å²) in [5.74, 6) is 0. The van der Waals surface area contributed by atoms with Crippen LogP contribution < -0.4 is 10.9 Å². The van der Waals surface area contributed by atoms with Gasteiger partial charge in [0.15, 0.2) is 6.10 Å². The molecule has 0 aromatic carbocycles. The van der Waals surface area contributed by atoms with Crippen LogP contribution in [0.1, 0.15) is 13.3 Å². The van der Waals surface area contributed by atoms with Crippen molar-refractivity contribution < 1.29 is 18.3 Å². The number of aliphatic hydroxyl groups is 1. The summed E-state index contributed by atoms with van der Waals surface area (Å²) in [6, 6.07) is 0. The van der Waals surface area contributed by atoms with Gasteiger partial charge in [0.2, 0.25) is 0 Å². The number of halogens is 4. The smallest absolute Gasteiger partial charge is 0.382 e. The van der Waals surface area contributed by atoms with Crippen molar-refractivity contribution >= 4 is 17.3 Å². The van der Waals surface area contributed by atoms with E-state index >= 15 is 0 Å². The molecule has 0 aliphatic heterocycles. The number of aryl methyl sites for hydroxylation is 1. The zero-order valence-corrected chi connectivity index (χ0v) is 10.8. The molecule has 1 atom stereocenters. The predicted octanol–water partition coefficient (Wildman–Crippen LogP) is 1.64. The summed E-state index contributed by atoms with van der Waals surface area (Å²) in [5, 5.41) is 14.6. The summed E-state index contributed by atoms with van der Waals surface area (Å²) in [5.41, 5.74) is -0.627. The number of aliphatic hydroxyl groups excluding tert-OH is 1. The van der Waals surface area contributed by atoms with Gasteiger partial charge in [0, 0.05) is 13.1 Å². The lowest BCUT2D eigenvalue weighted by Gasteiger charge is -2.16. The molecule has 0 aliphatic rings. The molecule has 0 saturated carbocycles. The van der Waals surface area contributed by atoms with E-state index in [2.05, 4.69) is 10.4 Å². The highest BCUT2D eigenvalue weighted by molar-refractivity contribution is 6.32. The molecule has 108 valence electrons. The molecule has 0 fully saturated rings. The second-order valence-corrected chi connectivity index (χ2v) is 4.22. The quantitative estimate of drug-likeness (QED) is 0.867. The first-order valence-electron chi connectivity index (χ1n) is 5.51. The third kappa shape index (κ3) is 4.10. The Morgan fingerprint density at radius 2 is 2.21 bits per heavy atom. The summed E-state index contributed by atoms with van der Waals surface area (Å²) >= 11 is 5.73. The van der Waals surface area contributed by atoms with Gasteiger partial charge in [-0.15, -0.1) is 0 Å². The molecule has 1 heterocycles. The van der Waals surface area contributed by atoms with Crippen LogP contribution in [0, 0.1) is 0 Å². The van der Waals surface area contributed by atoms with Crippen LogP contribution in [0.4, 0.5) is 18.9 Å². The van der Waals surface area contributed by atoms with E-state index < -0.39 is 24.4 Å². The van der Waals surface area contributed by atoms with Crippen LogP contribution in [0.3, 0.4) is 0 Å². The van der Waals surface area contributed by atoms with Gasteiger partial charge in [-0.1, -0.05) is 18.5 Å². The second kappa shape index (κ2) is 6.25. The number of nitrogens with one attached hydrogen (secondary N) is 1. The Kier molecular flexibility index (Phi) is 5.19. The zero-order chi connectivity index (χ0) is 14.6. The van der Waals surface area contributed by atoms with Gasteiger partial charge in [0.1, 0.15) is 5.02 Å². The molecule has 2 N–H and O–H groups in total. The zero-order valence-electron chi connectivity index (χ0n) is 10.0. The lowest BCUT2D eigenvalue weighted by atomic mass is 10.3. The lowest BCUT2D eigenvalue weighted by Crippen LogP contribution is -2.35. The summed E-state index contributed by atoms with van der Waals surface area (Å²) in [6.07, 6.45) is -5.45. The summed E-state index contributed by atoms with van der Waals surface area (Å²) < 4.78 is 37.4. The van der Waals surface area contributed by atoms with E-state index in [4.69, 9.17) is 16.7 Å². The third-order valence-corrected chi connectivity index (χ3v) is 2.65. The second-order valence-electron chi connectivity index (χ2n) is 3.84. The molecule has 0 radical (unpaired) electrons. The third-order valence-electron chi connectivity index (χ3n) is 2.28. The van der Waals surface area contributed by atoms with E-state index in [1.165, 1.54) is 0 Å². The molecule has 0 saturated heterocycles. The molecule has 0 bridgehead atoms. The Bertz CT molecular complexity index is 490. The number of alkyl halides is 3. The number of aromatic nitrogens is 2. The number of hydrogen-bond acceptors (Lipinski definition) is 4. The molecule has 1 aromatic heterocycles. The highest BCUT2D eigenvalue weighted by Crippen LogP contribution is 2.21. The molecular formula is C10H13ClF3N3O2. The van der Waals surface area contributed by atoms with Crippen molar-refractivity contribution in [3.8, 4) is 0 Å². The van der Waals surface area contributed by atoms with Crippen LogP contribution in [0.25, 0.3) is 0 Å². The molecule has 1 rings (SSSR count). The molecule has 1 unspecified atom stereocenters. The predicted molar refractivity (Wildman–Crippen MR) is 64.3 cm³/mol. The minimum Gasteiger partial charge on any atom is -0.382 e. The van der Waals surface area contributed by atoms with Gasteiger partial charge in [-0.25, -0.2) is 4.68 Å². The van der Waals surface area contributed by atoms with Crippen LogP contribution in [-0.4, -0.2) is 33.7 Å². The lowest BCUT2D eigenvalue weighted by molar-refractivity contribution is -0.198. The van der Waals surface area contributed by atoms with E-state index in [1.807, 2.05) is 6.92 Å². The number of hydrogen-bond donors (Lipinski definition) is 2. The molecule has 0 aliphatic carbocycles. The molecule has 1 aromatic rings. The van der Waals surface area contributed by atoms with Crippen LogP contribution in [0.15, 0.2) is 11.0 Å². The first kappa shape index (κ1) is 15.8. The van der Waals surface area contributed by atoms with Gasteiger partial charge in [0.05, 0.1) is 11.9 Å². The molecule has 0 amide bonds. The van der Waals surface area contributed by atoms with Crippen LogP contribution in [-0.2, 0) is 6.54 Å². The van der Waals surface area contributed by atoms with Crippen LogP contribution in [0.5, 0.6) is 0 Å². The average molecular weight is 300 g/mol. The fourth-order valence-corrected chi connectivity index (χ4v) is 1.49. The van der Waals surface area contributed by atoms with Gasteiger partial charge in [0.25, 0.3) is 5.56 Å². The van der Waals surface area contributed by atoms with E-state index in [0.29, 0.717) is 13.0 Å². The molecule has 19 heavy (non-hydrogen) atoms. The van der Waals surface area contributed by atoms with Gasteiger partial charge in [-0.3, -0.25) is 4.79 Å². The van der Waals surface area contributed by atoms with Crippen molar-refractivity contribution in [3.05, 3.63) is 21.6 Å². The molecule has 0 spiro atoms. The largest absolute Gasteiger partial charge is 0.416 e. The fraction of sp³-hybridized carbons (Fsp3) is 0.600. The van der Waals surface area contributed by atoms with E-state index in [0.717, 1.165) is 10.9 Å². The Labute approximate surface area is 112 Å². The average Bonchev–Trinajstić information content (AvgIpc) is 2.32. The van der Waals surface area contributed by atoms with Crippen molar-refractivity contribution in [1.82, 2.24) is 9.78 Å². The van der Waals surface area contributed by atoms with Gasteiger partial charge in [-0.05, 0) is 6.42 Å². The summed E-state index contributed by atoms with van der Waals surface area (Å²) in [7, 11) is 0. The first-order chi connectivity index (χ1) is 8.77. The number of nitrogens with zero attached hydrogens (tertiary/aromatic N) is 2. The maximum atomic E-state index is 12.1. The molecular weight excluding hydrogens is 287 g/mol. The Morgan fingerprint density at radius 1 is 1.58 bits per heavy atom. The van der Waals surface area contributed by atoms with Crippen LogP contribution >= 0.6 is 11.6 Å². The van der Waals surface area contributed by atoms with Crippen molar-refractivity contribution in [2.75, 3.05) is 11.9 Å². The van der Waals surface area contributed by atoms with Crippen molar-refractivity contribution in [2.24, 2.45) is 0 Å². The highest BCUT2D eigenvalue weighted by atomic mass is 35.5. The first-order valence-corrected chi connectivity index (χ1v) is 5.89. The fourth-order valence-electron chi connectivity index (χ4n) is 1.28. The van der Waals surface area contributed by atoms with Crippen LogP contribution in [0.2, 0.25) is 5.02 Å². The number of rotatable bonds is 5. The standard InChI is InChI=1S/C10H13ClF3N3O2/c1-2-3-17-9(19)8(11)6(4-16-17)15-5-7(18)10(12,13)14/h4,7,15,18H,2-3,5H2,1H3. The summed E-state index contributed by atoms with van der Waals surface area (Å²) in [4.78, 5) is 11.7. The topological polar surface area (TPSA) is 67.2 Å². The van der Waals surface area contributed by atoms with Gasteiger partial charge >= 0.3 is 6.18 Å². The van der Waals surface area contributed by atoms with Gasteiger partial charge < -0.3 is 10.4 Å². The molecule has 5 nitrogen and oxygen atoms in total. The monoisotopic (exact) mass is 299 g/mol. The van der Waals surface area contributed by atoms with E-state index in [-0.39, 0.29) is 10.7 Å². The summed E-state index contributed by atoms with van der Waals surface area (Å²) in [6.45, 7) is 1.40. The van der Waals surface area contributed by atoms with E-state index in [1.54, 1.807) is 0 Å². The molecule has 9 heteroatoms. The Balaban J connectivity index is 2.81. The van der Waals surface area contributed by atoms with Crippen molar-refractivity contribution in [1.29, 1.82) is 0 Å². The SMILES string of the molecule is CCCn1ncc(NCC(O)C(F)(F)F)c(Cl)c1=O. The van der Waals surface area contributed by atoms with Gasteiger partial charge in [-0.2, -0.15) is 18.3 Å². The highest BCUT2D eigenvalue weighted by Gasteiger charge is 2.37. The van der Waals surface area contributed by atoms with Crippen molar-refractivity contribution in [2.45, 2.75) is 32.2 Å². The maximum Gasteiger partial charge on any atom is 0.416 e.